The van der Waals surface area contributed by atoms with Crippen molar-refractivity contribution in [2.24, 2.45) is 0 Å². The molecular weight excluding hydrogens is 426 g/mol. The monoisotopic (exact) mass is 456 g/mol. The summed E-state index contributed by atoms with van der Waals surface area (Å²) >= 11 is 0. The van der Waals surface area contributed by atoms with E-state index in [9.17, 15) is 28.7 Å². The van der Waals surface area contributed by atoms with Crippen LogP contribution in [0, 0.1) is 0 Å². The van der Waals surface area contributed by atoms with E-state index in [2.05, 4.69) is 9.97 Å². The standard InChI is InChI=1S/C20H30N2O6P2/c1-5-19(6-2,29(23,24)25)15-9-11-17(21-13-15)18-12-10-16(14-22-18)20(7-3,8-4)30(26,27)28/h9-14H,5-8H2,1-4H3,(H2,23,24,25)(H2,26,27,28). The normalized spacial score (nSPS) is 13.5. The van der Waals surface area contributed by atoms with Crippen LogP contribution in [0.3, 0.4) is 0 Å². The first kappa shape index (κ1) is 24.9. The van der Waals surface area contributed by atoms with E-state index in [1.807, 2.05) is 0 Å². The predicted molar refractivity (Wildman–Crippen MR) is 116 cm³/mol. The van der Waals surface area contributed by atoms with Crippen molar-refractivity contribution >= 4 is 15.2 Å². The van der Waals surface area contributed by atoms with Gasteiger partial charge < -0.3 is 19.6 Å². The van der Waals surface area contributed by atoms with E-state index >= 15 is 0 Å². The average Bonchev–Trinajstić information content (AvgIpc) is 2.69. The van der Waals surface area contributed by atoms with Gasteiger partial charge in [-0.3, -0.25) is 19.1 Å². The maximum absolute atomic E-state index is 12.1. The van der Waals surface area contributed by atoms with Crippen LogP contribution in [0.25, 0.3) is 11.4 Å². The van der Waals surface area contributed by atoms with Gasteiger partial charge in [0.2, 0.25) is 0 Å². The highest BCUT2D eigenvalue weighted by atomic mass is 31.2. The van der Waals surface area contributed by atoms with Gasteiger partial charge in [0.15, 0.2) is 0 Å². The Bertz CT molecular complexity index is 863. The van der Waals surface area contributed by atoms with Gasteiger partial charge in [-0.05, 0) is 48.9 Å². The van der Waals surface area contributed by atoms with Gasteiger partial charge in [0, 0.05) is 12.4 Å². The smallest absolute Gasteiger partial charge is 0.324 e. The zero-order chi connectivity index (χ0) is 22.8. The first-order chi connectivity index (χ1) is 13.9. The lowest BCUT2D eigenvalue weighted by Gasteiger charge is -2.32. The van der Waals surface area contributed by atoms with E-state index in [1.54, 1.807) is 52.0 Å². The Balaban J connectivity index is 2.43. The van der Waals surface area contributed by atoms with Gasteiger partial charge in [0.1, 0.15) is 0 Å². The van der Waals surface area contributed by atoms with Gasteiger partial charge in [-0.25, -0.2) is 0 Å². The van der Waals surface area contributed by atoms with Crippen molar-refractivity contribution in [3.63, 3.8) is 0 Å². The third-order valence-corrected chi connectivity index (χ3v) is 10.3. The van der Waals surface area contributed by atoms with Crippen LogP contribution in [0.4, 0.5) is 0 Å². The van der Waals surface area contributed by atoms with E-state index in [0.29, 0.717) is 22.5 Å². The highest BCUT2D eigenvalue weighted by molar-refractivity contribution is 7.53. The second kappa shape index (κ2) is 8.99. The van der Waals surface area contributed by atoms with Gasteiger partial charge in [0.25, 0.3) is 0 Å². The summed E-state index contributed by atoms with van der Waals surface area (Å²) in [7, 11) is -8.79. The molecule has 0 amide bonds. The highest BCUT2D eigenvalue weighted by Gasteiger charge is 2.46. The van der Waals surface area contributed by atoms with Crippen LogP contribution < -0.4 is 0 Å². The minimum atomic E-state index is -4.39. The molecule has 8 nitrogen and oxygen atoms in total. The Morgan fingerprint density at radius 1 is 0.667 bits per heavy atom. The van der Waals surface area contributed by atoms with Crippen LogP contribution in [-0.4, -0.2) is 29.5 Å². The molecule has 0 atom stereocenters. The van der Waals surface area contributed by atoms with Crippen LogP contribution in [0.15, 0.2) is 36.7 Å². The van der Waals surface area contributed by atoms with Crippen LogP contribution in [0.2, 0.25) is 0 Å². The van der Waals surface area contributed by atoms with E-state index in [1.165, 1.54) is 12.4 Å². The van der Waals surface area contributed by atoms with Gasteiger partial charge in [-0.15, -0.1) is 0 Å². The van der Waals surface area contributed by atoms with Crippen molar-refractivity contribution in [2.75, 3.05) is 0 Å². The maximum Gasteiger partial charge on any atom is 0.336 e. The minimum absolute atomic E-state index is 0.278. The second-order valence-electron chi connectivity index (χ2n) is 7.43. The van der Waals surface area contributed by atoms with Crippen LogP contribution in [0.1, 0.15) is 64.5 Å². The van der Waals surface area contributed by atoms with E-state index < -0.39 is 25.5 Å². The van der Waals surface area contributed by atoms with Gasteiger partial charge in [0.05, 0.1) is 21.7 Å². The molecule has 0 aliphatic rings. The largest absolute Gasteiger partial charge is 0.336 e. The SMILES string of the molecule is CCC(CC)(c1ccc(-c2ccc(C(CC)(CC)P(=O)(O)O)cn2)nc1)P(=O)(O)O. The quantitative estimate of drug-likeness (QED) is 0.404. The molecular formula is C20H30N2O6P2. The molecule has 10 heteroatoms. The molecule has 0 aliphatic heterocycles. The van der Waals surface area contributed by atoms with Crippen LogP contribution in [0.5, 0.6) is 0 Å². The van der Waals surface area contributed by atoms with Crippen LogP contribution in [-0.2, 0) is 19.4 Å². The molecule has 0 unspecified atom stereocenters. The lowest BCUT2D eigenvalue weighted by Crippen LogP contribution is -2.25. The number of hydrogen-bond donors (Lipinski definition) is 4. The van der Waals surface area contributed by atoms with E-state index in [0.717, 1.165) is 0 Å². The third kappa shape index (κ3) is 4.18. The number of hydrogen-bond acceptors (Lipinski definition) is 4. The lowest BCUT2D eigenvalue weighted by molar-refractivity contribution is 0.313. The molecule has 166 valence electrons. The fraction of sp³-hybridized carbons (Fsp3) is 0.500. The van der Waals surface area contributed by atoms with Crippen LogP contribution >= 0.6 is 15.2 Å². The highest BCUT2D eigenvalue weighted by Crippen LogP contribution is 2.61. The summed E-state index contributed by atoms with van der Waals surface area (Å²) in [5.41, 5.74) is 1.95. The first-order valence-electron chi connectivity index (χ1n) is 9.97. The molecule has 2 aromatic heterocycles. The first-order valence-corrected chi connectivity index (χ1v) is 13.2. The summed E-state index contributed by atoms with van der Waals surface area (Å²) in [5.74, 6) is 0. The number of rotatable bonds is 9. The van der Waals surface area contributed by atoms with Crippen molar-refractivity contribution in [3.05, 3.63) is 47.8 Å². The molecule has 0 aromatic carbocycles. The summed E-state index contributed by atoms with van der Waals surface area (Å²) in [5, 5.41) is -2.55. The minimum Gasteiger partial charge on any atom is -0.324 e. The summed E-state index contributed by atoms with van der Waals surface area (Å²) in [6, 6.07) is 6.62. The number of nitrogens with zero attached hydrogens (tertiary/aromatic N) is 2. The average molecular weight is 456 g/mol. The lowest BCUT2D eigenvalue weighted by atomic mass is 9.93. The number of aromatic nitrogens is 2. The molecule has 2 rings (SSSR count). The molecule has 0 spiro atoms. The topological polar surface area (TPSA) is 141 Å². The zero-order valence-corrected chi connectivity index (χ0v) is 19.5. The number of pyridine rings is 2. The maximum atomic E-state index is 12.1. The fourth-order valence-corrected chi connectivity index (χ4v) is 6.70. The zero-order valence-electron chi connectivity index (χ0n) is 17.7. The summed E-state index contributed by atoms with van der Waals surface area (Å²) in [4.78, 5) is 48.3. The Kier molecular flexibility index (Phi) is 7.45. The third-order valence-electron chi connectivity index (χ3n) is 6.32. The van der Waals surface area contributed by atoms with Gasteiger partial charge in [-0.1, -0.05) is 39.8 Å². The van der Waals surface area contributed by atoms with Gasteiger partial charge >= 0.3 is 15.2 Å². The van der Waals surface area contributed by atoms with Crippen molar-refractivity contribution < 1.29 is 28.7 Å². The summed E-state index contributed by atoms with van der Waals surface area (Å²) in [6.45, 7) is 6.97. The summed E-state index contributed by atoms with van der Waals surface area (Å²) < 4.78 is 24.3. The van der Waals surface area contributed by atoms with Gasteiger partial charge in [-0.2, -0.15) is 0 Å². The summed E-state index contributed by atoms with van der Waals surface area (Å²) in [6.07, 6.45) is 4.05. The van der Waals surface area contributed by atoms with Crippen molar-refractivity contribution in [3.8, 4) is 11.4 Å². The molecule has 4 N–H and O–H groups in total. The van der Waals surface area contributed by atoms with E-state index in [-0.39, 0.29) is 25.7 Å². The molecule has 0 aliphatic carbocycles. The molecule has 2 aromatic rings. The molecule has 0 saturated heterocycles. The molecule has 0 saturated carbocycles. The van der Waals surface area contributed by atoms with Crippen molar-refractivity contribution in [1.82, 2.24) is 9.97 Å². The Morgan fingerprint density at radius 3 is 1.13 bits per heavy atom. The van der Waals surface area contributed by atoms with Crippen molar-refractivity contribution in [2.45, 2.75) is 63.7 Å². The molecule has 0 radical (unpaired) electrons. The Morgan fingerprint density at radius 2 is 0.967 bits per heavy atom. The molecule has 0 fully saturated rings. The molecule has 30 heavy (non-hydrogen) atoms. The predicted octanol–water partition coefficient (Wildman–Crippen LogP) is 4.53. The molecule has 0 bridgehead atoms. The molecule has 2 heterocycles. The fourth-order valence-electron chi connectivity index (χ4n) is 4.12. The van der Waals surface area contributed by atoms with Crippen molar-refractivity contribution in [1.29, 1.82) is 0 Å². The Hall–Kier alpha value is -1.40. The van der Waals surface area contributed by atoms with E-state index in [4.69, 9.17) is 0 Å². The Labute approximate surface area is 177 Å². The second-order valence-corrected chi connectivity index (χ2v) is 11.3.